The Balaban J connectivity index is 1.65. The number of rotatable bonds is 5. The van der Waals surface area contributed by atoms with Crippen molar-refractivity contribution < 1.29 is 9.47 Å². The molecule has 0 spiro atoms. The average molecular weight is 380 g/mol. The Kier molecular flexibility index (Phi) is 4.86. The molecule has 0 saturated heterocycles. The largest absolute Gasteiger partial charge is 0.497 e. The van der Waals surface area contributed by atoms with E-state index >= 15 is 0 Å². The van der Waals surface area contributed by atoms with Crippen molar-refractivity contribution in [1.82, 2.24) is 9.97 Å². The Morgan fingerprint density at radius 1 is 0.654 bits per heavy atom. The summed E-state index contributed by atoms with van der Waals surface area (Å²) in [6.07, 6.45) is 3.67. The molecule has 0 radical (unpaired) electrons. The molecule has 0 aliphatic carbocycles. The lowest BCUT2D eigenvalue weighted by molar-refractivity contribution is 0.415. The van der Waals surface area contributed by atoms with Gasteiger partial charge in [-0.05, 0) is 36.4 Å². The van der Waals surface area contributed by atoms with Gasteiger partial charge < -0.3 is 9.47 Å². The van der Waals surface area contributed by atoms with E-state index in [0.717, 1.165) is 33.3 Å². The van der Waals surface area contributed by atoms with Gasteiger partial charge in [-0.25, -0.2) is 0 Å². The zero-order valence-electron chi connectivity index (χ0n) is 14.3. The van der Waals surface area contributed by atoms with Crippen LogP contribution in [0.4, 0.5) is 0 Å². The van der Waals surface area contributed by atoms with Crippen molar-refractivity contribution in [3.63, 3.8) is 0 Å². The molecular formula is C20H16N2O2S2. The third-order valence-corrected chi connectivity index (χ3v) is 6.52. The standard InChI is InChI=1S/C20H16N2O2S2/c1-23-13-3-5-15-17(11-13)21-9-7-19(15)25-26-20-8-10-22-18-12-14(24-2)4-6-16(18)20/h3-12H,1-2H3. The summed E-state index contributed by atoms with van der Waals surface area (Å²) in [5.74, 6) is 1.63. The molecule has 4 aromatic rings. The van der Waals surface area contributed by atoms with E-state index in [2.05, 4.69) is 22.1 Å². The number of fused-ring (bicyclic) bond motifs is 2. The Hall–Kier alpha value is -2.44. The molecule has 4 rings (SSSR count). The van der Waals surface area contributed by atoms with Gasteiger partial charge in [-0.1, -0.05) is 21.6 Å². The van der Waals surface area contributed by atoms with E-state index in [4.69, 9.17) is 9.47 Å². The number of aromatic nitrogens is 2. The van der Waals surface area contributed by atoms with Gasteiger partial charge in [0, 0.05) is 45.1 Å². The summed E-state index contributed by atoms with van der Waals surface area (Å²) in [5.41, 5.74) is 1.86. The van der Waals surface area contributed by atoms with Gasteiger partial charge in [-0.15, -0.1) is 0 Å². The van der Waals surface area contributed by atoms with Gasteiger partial charge in [0.05, 0.1) is 25.3 Å². The maximum Gasteiger partial charge on any atom is 0.121 e. The number of ether oxygens (including phenoxy) is 2. The number of nitrogens with zero attached hydrogens (tertiary/aromatic N) is 2. The molecule has 0 fully saturated rings. The van der Waals surface area contributed by atoms with Crippen LogP contribution in [-0.2, 0) is 0 Å². The maximum atomic E-state index is 5.29. The van der Waals surface area contributed by atoms with E-state index in [-0.39, 0.29) is 0 Å². The zero-order chi connectivity index (χ0) is 17.9. The van der Waals surface area contributed by atoms with Crippen molar-refractivity contribution in [3.8, 4) is 11.5 Å². The molecule has 2 aromatic carbocycles. The van der Waals surface area contributed by atoms with Crippen molar-refractivity contribution in [3.05, 3.63) is 60.9 Å². The minimum atomic E-state index is 0.814. The van der Waals surface area contributed by atoms with Crippen LogP contribution >= 0.6 is 21.6 Å². The first kappa shape index (κ1) is 17.0. The van der Waals surface area contributed by atoms with Gasteiger partial charge in [0.2, 0.25) is 0 Å². The van der Waals surface area contributed by atoms with Gasteiger partial charge in [-0.2, -0.15) is 0 Å². The van der Waals surface area contributed by atoms with Crippen LogP contribution in [-0.4, -0.2) is 24.2 Å². The number of pyridine rings is 2. The van der Waals surface area contributed by atoms with Crippen molar-refractivity contribution >= 4 is 43.4 Å². The predicted octanol–water partition coefficient (Wildman–Crippen LogP) is 5.60. The highest BCUT2D eigenvalue weighted by molar-refractivity contribution is 8.76. The van der Waals surface area contributed by atoms with Gasteiger partial charge in [0.15, 0.2) is 0 Å². The molecule has 6 heteroatoms. The summed E-state index contributed by atoms with van der Waals surface area (Å²) in [6.45, 7) is 0. The molecule has 4 nitrogen and oxygen atoms in total. The summed E-state index contributed by atoms with van der Waals surface area (Å²) in [7, 11) is 6.77. The fraction of sp³-hybridized carbons (Fsp3) is 0.100. The van der Waals surface area contributed by atoms with E-state index in [1.165, 1.54) is 9.79 Å². The summed E-state index contributed by atoms with van der Waals surface area (Å²) in [6, 6.07) is 16.0. The van der Waals surface area contributed by atoms with Crippen LogP contribution in [0.3, 0.4) is 0 Å². The third-order valence-electron chi connectivity index (χ3n) is 4.04. The van der Waals surface area contributed by atoms with Gasteiger partial charge in [-0.3, -0.25) is 9.97 Å². The van der Waals surface area contributed by atoms with E-state index in [0.29, 0.717) is 0 Å². The van der Waals surface area contributed by atoms with Crippen LogP contribution in [0.25, 0.3) is 21.8 Å². The number of hydrogen-bond acceptors (Lipinski definition) is 6. The summed E-state index contributed by atoms with van der Waals surface area (Å²) in [4.78, 5) is 11.2. The highest BCUT2D eigenvalue weighted by atomic mass is 33.1. The van der Waals surface area contributed by atoms with Crippen molar-refractivity contribution in [2.24, 2.45) is 0 Å². The molecule has 0 bridgehead atoms. The quantitative estimate of drug-likeness (QED) is 0.420. The van der Waals surface area contributed by atoms with Crippen molar-refractivity contribution in [2.45, 2.75) is 9.79 Å². The Labute approximate surface area is 159 Å². The fourth-order valence-electron chi connectivity index (χ4n) is 2.69. The normalized spacial score (nSPS) is 11.0. The SMILES string of the molecule is COc1ccc2c(SSc3ccnc4cc(OC)ccc34)ccnc2c1. The summed E-state index contributed by atoms with van der Waals surface area (Å²) in [5, 5.41) is 2.23. The molecule has 0 aliphatic heterocycles. The molecule has 2 heterocycles. The van der Waals surface area contributed by atoms with Crippen molar-refractivity contribution in [1.29, 1.82) is 0 Å². The fourth-order valence-corrected chi connectivity index (χ4v) is 5.04. The minimum Gasteiger partial charge on any atom is -0.497 e. The van der Waals surface area contributed by atoms with Gasteiger partial charge in [0.1, 0.15) is 11.5 Å². The lowest BCUT2D eigenvalue weighted by Crippen LogP contribution is -1.86. The molecule has 0 unspecified atom stereocenters. The first-order valence-electron chi connectivity index (χ1n) is 7.98. The number of benzene rings is 2. The summed E-state index contributed by atoms with van der Waals surface area (Å²) >= 11 is 0. The Morgan fingerprint density at radius 3 is 1.54 bits per heavy atom. The first-order chi connectivity index (χ1) is 12.8. The second-order valence-electron chi connectivity index (χ2n) is 5.55. The molecule has 0 atom stereocenters. The predicted molar refractivity (Wildman–Crippen MR) is 108 cm³/mol. The molecule has 0 N–H and O–H groups in total. The molecule has 130 valence electrons. The topological polar surface area (TPSA) is 44.2 Å². The highest BCUT2D eigenvalue weighted by Gasteiger charge is 2.08. The second kappa shape index (κ2) is 7.43. The maximum absolute atomic E-state index is 5.29. The van der Waals surface area contributed by atoms with Crippen LogP contribution in [0, 0.1) is 0 Å². The number of hydrogen-bond donors (Lipinski definition) is 0. The third kappa shape index (κ3) is 3.30. The molecule has 0 saturated carbocycles. The second-order valence-corrected chi connectivity index (χ2v) is 7.76. The highest BCUT2D eigenvalue weighted by Crippen LogP contribution is 2.43. The smallest absolute Gasteiger partial charge is 0.121 e. The van der Waals surface area contributed by atoms with Crippen molar-refractivity contribution in [2.75, 3.05) is 14.2 Å². The van der Waals surface area contributed by atoms with E-state index < -0.39 is 0 Å². The molecule has 26 heavy (non-hydrogen) atoms. The first-order valence-corrected chi connectivity index (χ1v) is 10.1. The summed E-state index contributed by atoms with van der Waals surface area (Å²) < 4.78 is 10.6. The molecule has 2 aromatic heterocycles. The van der Waals surface area contributed by atoms with Crippen LogP contribution in [0.15, 0.2) is 70.7 Å². The molecular weight excluding hydrogens is 364 g/mol. The van der Waals surface area contributed by atoms with E-state index in [1.807, 2.05) is 48.8 Å². The van der Waals surface area contributed by atoms with Crippen LogP contribution in [0.1, 0.15) is 0 Å². The molecule has 0 aliphatic rings. The zero-order valence-corrected chi connectivity index (χ0v) is 15.9. The van der Waals surface area contributed by atoms with Crippen LogP contribution in [0.2, 0.25) is 0 Å². The van der Waals surface area contributed by atoms with Crippen LogP contribution in [0.5, 0.6) is 11.5 Å². The Morgan fingerprint density at radius 2 is 1.12 bits per heavy atom. The minimum absolute atomic E-state index is 0.814. The van der Waals surface area contributed by atoms with Crippen LogP contribution < -0.4 is 9.47 Å². The molecule has 0 amide bonds. The van der Waals surface area contributed by atoms with Gasteiger partial charge in [0.25, 0.3) is 0 Å². The lowest BCUT2D eigenvalue weighted by atomic mass is 10.2. The van der Waals surface area contributed by atoms with E-state index in [1.54, 1.807) is 35.8 Å². The lowest BCUT2D eigenvalue weighted by Gasteiger charge is -2.09. The average Bonchev–Trinajstić information content (AvgIpc) is 2.71. The van der Waals surface area contributed by atoms with Gasteiger partial charge >= 0.3 is 0 Å². The number of methoxy groups -OCH3 is 2. The Bertz CT molecular complexity index is 998. The van der Waals surface area contributed by atoms with E-state index in [9.17, 15) is 0 Å². The monoisotopic (exact) mass is 380 g/mol.